The van der Waals surface area contributed by atoms with Crippen molar-refractivity contribution in [2.24, 2.45) is 0 Å². The Morgan fingerprint density at radius 1 is 1.25 bits per heavy atom. The number of rotatable bonds is 6. The van der Waals surface area contributed by atoms with Crippen LogP contribution in [0.5, 0.6) is 0 Å². The monoisotopic (exact) mass is 224 g/mol. The highest BCUT2D eigenvalue weighted by Gasteiger charge is 2.11. The molecule has 0 atom stereocenters. The van der Waals surface area contributed by atoms with Gasteiger partial charge in [-0.1, -0.05) is 0 Å². The summed E-state index contributed by atoms with van der Waals surface area (Å²) in [5.74, 6) is -0.862. The Morgan fingerprint density at radius 3 is 2.44 bits per heavy atom. The minimum absolute atomic E-state index is 0.158. The second-order valence-corrected chi connectivity index (χ2v) is 3.39. The molecule has 0 aliphatic rings. The number of hydrogen-bond acceptors (Lipinski definition) is 3. The summed E-state index contributed by atoms with van der Waals surface area (Å²) in [4.78, 5) is 22.8. The molecule has 1 rings (SSSR count). The van der Waals surface area contributed by atoms with Crippen molar-refractivity contribution in [2.45, 2.75) is 12.8 Å². The van der Waals surface area contributed by atoms with Crippen LogP contribution in [0.3, 0.4) is 0 Å². The van der Waals surface area contributed by atoms with Crippen molar-refractivity contribution in [3.8, 4) is 0 Å². The fourth-order valence-corrected chi connectivity index (χ4v) is 1.22. The Hall–Kier alpha value is -1.55. The second-order valence-electron chi connectivity index (χ2n) is 3.39. The molecule has 0 bridgehead atoms. The molecule has 0 aromatic heterocycles. The predicted octanol–water partition coefficient (Wildman–Crippen LogP) is 2.00. The number of carbonyl (C=O) groups is 2. The SMILES string of the molecule is COCCC(=O)CC(=O)c1ccc(F)cc1. The van der Waals surface area contributed by atoms with Gasteiger partial charge in [0.15, 0.2) is 5.78 Å². The van der Waals surface area contributed by atoms with Gasteiger partial charge in [-0.25, -0.2) is 4.39 Å². The van der Waals surface area contributed by atoms with Crippen LogP contribution in [0.15, 0.2) is 24.3 Å². The molecule has 0 fully saturated rings. The number of methoxy groups -OCH3 is 1. The van der Waals surface area contributed by atoms with Gasteiger partial charge in [-0.05, 0) is 24.3 Å². The summed E-state index contributed by atoms with van der Waals surface area (Å²) in [5.41, 5.74) is 0.354. The van der Waals surface area contributed by atoms with Crippen LogP contribution in [0.2, 0.25) is 0 Å². The highest BCUT2D eigenvalue weighted by molar-refractivity contribution is 6.07. The van der Waals surface area contributed by atoms with E-state index >= 15 is 0 Å². The second kappa shape index (κ2) is 6.12. The van der Waals surface area contributed by atoms with Gasteiger partial charge in [0.25, 0.3) is 0 Å². The Balaban J connectivity index is 2.52. The average Bonchev–Trinajstić information content (AvgIpc) is 2.27. The normalized spacial score (nSPS) is 10.1. The molecule has 0 saturated heterocycles. The number of ketones is 2. The lowest BCUT2D eigenvalue weighted by Crippen LogP contribution is -2.10. The molecule has 3 nitrogen and oxygen atoms in total. The van der Waals surface area contributed by atoms with E-state index in [0.29, 0.717) is 12.2 Å². The summed E-state index contributed by atoms with van der Waals surface area (Å²) in [6.45, 7) is 0.315. The molecule has 0 radical (unpaired) electrons. The van der Waals surface area contributed by atoms with Gasteiger partial charge >= 0.3 is 0 Å². The summed E-state index contributed by atoms with van der Waals surface area (Å²) in [7, 11) is 1.50. The lowest BCUT2D eigenvalue weighted by molar-refractivity contribution is -0.119. The third kappa shape index (κ3) is 3.90. The first-order chi connectivity index (χ1) is 7.63. The zero-order valence-corrected chi connectivity index (χ0v) is 9.03. The number of Topliss-reactive ketones (excluding diaryl/α,β-unsaturated/α-hetero) is 2. The number of ether oxygens (including phenoxy) is 1. The summed E-state index contributed by atoms with van der Waals surface area (Å²) < 4.78 is 17.3. The number of carbonyl (C=O) groups excluding carboxylic acids is 2. The Kier molecular flexibility index (Phi) is 4.79. The van der Waals surface area contributed by atoms with Crippen molar-refractivity contribution in [3.05, 3.63) is 35.6 Å². The molecular formula is C12H13FO3. The number of hydrogen-bond donors (Lipinski definition) is 0. The van der Waals surface area contributed by atoms with E-state index < -0.39 is 5.82 Å². The number of benzene rings is 1. The first-order valence-electron chi connectivity index (χ1n) is 4.93. The van der Waals surface area contributed by atoms with Crippen LogP contribution >= 0.6 is 0 Å². The molecular weight excluding hydrogens is 211 g/mol. The Labute approximate surface area is 93.2 Å². The average molecular weight is 224 g/mol. The molecule has 86 valence electrons. The van der Waals surface area contributed by atoms with Crippen LogP contribution in [-0.2, 0) is 9.53 Å². The molecule has 0 spiro atoms. The zero-order chi connectivity index (χ0) is 12.0. The lowest BCUT2D eigenvalue weighted by Gasteiger charge is -2.00. The van der Waals surface area contributed by atoms with E-state index in [4.69, 9.17) is 4.74 Å². The third-order valence-electron chi connectivity index (χ3n) is 2.11. The van der Waals surface area contributed by atoms with Crippen molar-refractivity contribution < 1.29 is 18.7 Å². The quantitative estimate of drug-likeness (QED) is 0.548. The predicted molar refractivity (Wildman–Crippen MR) is 56.8 cm³/mol. The first-order valence-corrected chi connectivity index (χ1v) is 4.93. The van der Waals surface area contributed by atoms with E-state index in [1.54, 1.807) is 0 Å². The van der Waals surface area contributed by atoms with Crippen molar-refractivity contribution in [1.82, 2.24) is 0 Å². The van der Waals surface area contributed by atoms with Gasteiger partial charge in [0.05, 0.1) is 13.0 Å². The van der Waals surface area contributed by atoms with Crippen molar-refractivity contribution in [1.29, 1.82) is 0 Å². The summed E-state index contributed by atoms with van der Waals surface area (Å²) >= 11 is 0. The summed E-state index contributed by atoms with van der Waals surface area (Å²) in [6.07, 6.45) is 0.0679. The van der Waals surface area contributed by atoms with Crippen molar-refractivity contribution in [3.63, 3.8) is 0 Å². The van der Waals surface area contributed by atoms with Crippen LogP contribution < -0.4 is 0 Å². The van der Waals surface area contributed by atoms with Gasteiger partial charge < -0.3 is 4.74 Å². The highest BCUT2D eigenvalue weighted by Crippen LogP contribution is 2.06. The maximum absolute atomic E-state index is 12.6. The van der Waals surface area contributed by atoms with Crippen LogP contribution in [0.1, 0.15) is 23.2 Å². The summed E-state index contributed by atoms with van der Waals surface area (Å²) in [5, 5.41) is 0. The first kappa shape index (κ1) is 12.5. The van der Waals surface area contributed by atoms with Crippen LogP contribution in [0.4, 0.5) is 4.39 Å². The van der Waals surface area contributed by atoms with E-state index in [-0.39, 0.29) is 24.4 Å². The third-order valence-corrected chi connectivity index (χ3v) is 2.11. The van der Waals surface area contributed by atoms with Gasteiger partial charge in [-0.15, -0.1) is 0 Å². The molecule has 4 heteroatoms. The number of halogens is 1. The molecule has 1 aromatic rings. The molecule has 0 aliphatic heterocycles. The topological polar surface area (TPSA) is 43.4 Å². The van der Waals surface area contributed by atoms with Gasteiger partial charge in [0.2, 0.25) is 0 Å². The largest absolute Gasteiger partial charge is 0.384 e. The molecule has 1 aromatic carbocycles. The molecule has 0 amide bonds. The van der Waals surface area contributed by atoms with Gasteiger partial charge in [-0.3, -0.25) is 9.59 Å². The molecule has 0 aliphatic carbocycles. The van der Waals surface area contributed by atoms with Crippen molar-refractivity contribution in [2.75, 3.05) is 13.7 Å². The molecule has 16 heavy (non-hydrogen) atoms. The molecule has 0 heterocycles. The fourth-order valence-electron chi connectivity index (χ4n) is 1.22. The van der Waals surface area contributed by atoms with Crippen molar-refractivity contribution >= 4 is 11.6 Å². The maximum Gasteiger partial charge on any atom is 0.170 e. The van der Waals surface area contributed by atoms with E-state index in [2.05, 4.69) is 0 Å². The van der Waals surface area contributed by atoms with E-state index in [1.165, 1.54) is 31.4 Å². The summed E-state index contributed by atoms with van der Waals surface area (Å²) in [6, 6.07) is 5.16. The van der Waals surface area contributed by atoms with Crippen LogP contribution in [0, 0.1) is 5.82 Å². The van der Waals surface area contributed by atoms with E-state index in [0.717, 1.165) is 0 Å². The maximum atomic E-state index is 12.6. The molecule has 0 N–H and O–H groups in total. The molecule has 0 unspecified atom stereocenters. The smallest absolute Gasteiger partial charge is 0.170 e. The van der Waals surface area contributed by atoms with E-state index in [1.807, 2.05) is 0 Å². The zero-order valence-electron chi connectivity index (χ0n) is 9.03. The van der Waals surface area contributed by atoms with Crippen LogP contribution in [-0.4, -0.2) is 25.3 Å². The Morgan fingerprint density at radius 2 is 1.88 bits per heavy atom. The van der Waals surface area contributed by atoms with Crippen LogP contribution in [0.25, 0.3) is 0 Å². The highest BCUT2D eigenvalue weighted by atomic mass is 19.1. The fraction of sp³-hybridized carbons (Fsp3) is 0.333. The van der Waals surface area contributed by atoms with Gasteiger partial charge in [0, 0.05) is 19.1 Å². The Bertz CT molecular complexity index is 370. The minimum atomic E-state index is -0.401. The molecule has 0 saturated carbocycles. The minimum Gasteiger partial charge on any atom is -0.384 e. The van der Waals surface area contributed by atoms with E-state index in [9.17, 15) is 14.0 Å². The lowest BCUT2D eigenvalue weighted by atomic mass is 10.0. The van der Waals surface area contributed by atoms with Gasteiger partial charge in [-0.2, -0.15) is 0 Å². The standard InChI is InChI=1S/C12H13FO3/c1-16-7-6-11(14)8-12(15)9-2-4-10(13)5-3-9/h2-5H,6-8H2,1H3. The van der Waals surface area contributed by atoms with Gasteiger partial charge in [0.1, 0.15) is 11.6 Å².